The number of pyridine rings is 1. The zero-order valence-electron chi connectivity index (χ0n) is 8.31. The Morgan fingerprint density at radius 2 is 1.75 bits per heavy atom. The van der Waals surface area contributed by atoms with Crippen molar-refractivity contribution in [3.05, 3.63) is 52.8 Å². The molecule has 0 atom stereocenters. The van der Waals surface area contributed by atoms with Crippen LogP contribution in [-0.4, -0.2) is 4.98 Å². The van der Waals surface area contributed by atoms with E-state index in [1.807, 2.05) is 36.4 Å². The van der Waals surface area contributed by atoms with E-state index in [-0.39, 0.29) is 0 Å². The Bertz CT molecular complexity index is 511. The van der Waals surface area contributed by atoms with E-state index in [2.05, 4.69) is 26.2 Å². The summed E-state index contributed by atoms with van der Waals surface area (Å²) in [6.07, 6.45) is 1.64. The largest absolute Gasteiger partial charge is 0.354 e. The lowest BCUT2D eigenvalue weighted by Gasteiger charge is -2.05. The summed E-state index contributed by atoms with van der Waals surface area (Å²) in [4.78, 5) is 3.98. The van der Waals surface area contributed by atoms with E-state index in [4.69, 9.17) is 5.26 Å². The maximum Gasteiger partial charge on any atom is 0.140 e. The Morgan fingerprint density at radius 3 is 2.31 bits per heavy atom. The van der Waals surface area contributed by atoms with E-state index in [0.29, 0.717) is 5.69 Å². The zero-order chi connectivity index (χ0) is 11.4. The summed E-state index contributed by atoms with van der Waals surface area (Å²) in [7, 11) is 0. The van der Waals surface area contributed by atoms with Gasteiger partial charge in [-0.1, -0.05) is 15.9 Å². The van der Waals surface area contributed by atoms with Crippen LogP contribution in [0.4, 0.5) is 11.4 Å². The van der Waals surface area contributed by atoms with Crippen LogP contribution in [0.15, 0.2) is 47.1 Å². The number of nitrogens with zero attached hydrogens (tertiary/aromatic N) is 2. The second-order valence-corrected chi connectivity index (χ2v) is 4.09. The fourth-order valence-corrected chi connectivity index (χ4v) is 1.50. The van der Waals surface area contributed by atoms with Gasteiger partial charge in [0, 0.05) is 10.2 Å². The van der Waals surface area contributed by atoms with Crippen LogP contribution in [0.25, 0.3) is 0 Å². The van der Waals surface area contributed by atoms with Crippen molar-refractivity contribution in [2.75, 3.05) is 5.32 Å². The molecule has 0 spiro atoms. The third-order valence-corrected chi connectivity index (χ3v) is 2.54. The minimum atomic E-state index is 0.418. The van der Waals surface area contributed by atoms with E-state index < -0.39 is 0 Å². The van der Waals surface area contributed by atoms with Gasteiger partial charge < -0.3 is 5.32 Å². The van der Waals surface area contributed by atoms with Crippen molar-refractivity contribution in [1.29, 1.82) is 5.26 Å². The predicted octanol–water partition coefficient (Wildman–Crippen LogP) is 3.46. The van der Waals surface area contributed by atoms with Crippen molar-refractivity contribution in [3.63, 3.8) is 0 Å². The van der Waals surface area contributed by atoms with Crippen molar-refractivity contribution in [2.45, 2.75) is 0 Å². The third kappa shape index (κ3) is 2.59. The van der Waals surface area contributed by atoms with Gasteiger partial charge in [-0.15, -0.1) is 0 Å². The average Bonchev–Trinajstić information content (AvgIpc) is 2.33. The highest BCUT2D eigenvalue weighted by molar-refractivity contribution is 9.10. The van der Waals surface area contributed by atoms with Gasteiger partial charge in [0.2, 0.25) is 0 Å². The molecular weight excluding hydrogens is 266 g/mol. The number of nitriles is 1. The average molecular weight is 274 g/mol. The minimum Gasteiger partial charge on any atom is -0.354 e. The van der Waals surface area contributed by atoms with E-state index in [0.717, 1.165) is 15.8 Å². The maximum atomic E-state index is 8.61. The van der Waals surface area contributed by atoms with Gasteiger partial charge >= 0.3 is 0 Å². The molecule has 0 aliphatic rings. The fourth-order valence-electron chi connectivity index (χ4n) is 1.23. The number of nitrogens with one attached hydrogen (secondary N) is 1. The summed E-state index contributed by atoms with van der Waals surface area (Å²) < 4.78 is 1.04. The molecule has 4 heteroatoms. The molecular formula is C12H8BrN3. The molecule has 0 saturated heterocycles. The van der Waals surface area contributed by atoms with Crippen LogP contribution in [-0.2, 0) is 0 Å². The Kier molecular flexibility index (Phi) is 3.18. The second-order valence-electron chi connectivity index (χ2n) is 3.18. The molecule has 78 valence electrons. The van der Waals surface area contributed by atoms with Gasteiger partial charge in [0.15, 0.2) is 0 Å². The van der Waals surface area contributed by atoms with Crippen molar-refractivity contribution in [1.82, 2.24) is 4.98 Å². The second kappa shape index (κ2) is 4.77. The topological polar surface area (TPSA) is 48.7 Å². The SMILES string of the molecule is N#Cc1ccc(Nc2ccc(Br)cc2)cn1. The van der Waals surface area contributed by atoms with Gasteiger partial charge in [-0.3, -0.25) is 0 Å². The molecule has 0 saturated carbocycles. The van der Waals surface area contributed by atoms with E-state index in [9.17, 15) is 0 Å². The summed E-state index contributed by atoms with van der Waals surface area (Å²) in [6, 6.07) is 13.3. The molecule has 1 aromatic carbocycles. The van der Waals surface area contributed by atoms with Crippen LogP contribution in [0.1, 0.15) is 5.69 Å². The first-order valence-corrected chi connectivity index (χ1v) is 5.46. The van der Waals surface area contributed by atoms with Crippen molar-refractivity contribution >= 4 is 27.3 Å². The highest BCUT2D eigenvalue weighted by atomic mass is 79.9. The van der Waals surface area contributed by atoms with Crippen molar-refractivity contribution < 1.29 is 0 Å². The molecule has 2 rings (SSSR count). The molecule has 0 aliphatic carbocycles. The first kappa shape index (κ1) is 10.7. The first-order valence-electron chi connectivity index (χ1n) is 4.67. The molecule has 1 heterocycles. The van der Waals surface area contributed by atoms with Gasteiger partial charge in [-0.05, 0) is 36.4 Å². The molecule has 0 amide bonds. The Balaban J connectivity index is 2.15. The number of hydrogen-bond acceptors (Lipinski definition) is 3. The lowest BCUT2D eigenvalue weighted by Crippen LogP contribution is -1.91. The molecule has 16 heavy (non-hydrogen) atoms. The van der Waals surface area contributed by atoms with Crippen LogP contribution >= 0.6 is 15.9 Å². The Morgan fingerprint density at radius 1 is 1.06 bits per heavy atom. The molecule has 1 N–H and O–H groups in total. The number of benzene rings is 1. The third-order valence-electron chi connectivity index (χ3n) is 2.01. The van der Waals surface area contributed by atoms with Gasteiger partial charge in [-0.2, -0.15) is 5.26 Å². The Labute approximate surface area is 102 Å². The van der Waals surface area contributed by atoms with Crippen LogP contribution in [0, 0.1) is 11.3 Å². The number of hydrogen-bond donors (Lipinski definition) is 1. The molecule has 0 radical (unpaired) electrons. The summed E-state index contributed by atoms with van der Waals surface area (Å²) in [5, 5.41) is 11.8. The molecule has 0 bridgehead atoms. The normalized spacial score (nSPS) is 9.50. The molecule has 0 aliphatic heterocycles. The quantitative estimate of drug-likeness (QED) is 0.912. The highest BCUT2D eigenvalue weighted by Gasteiger charge is 1.96. The maximum absolute atomic E-state index is 8.61. The molecule has 3 nitrogen and oxygen atoms in total. The number of rotatable bonds is 2. The van der Waals surface area contributed by atoms with Crippen LogP contribution in [0.2, 0.25) is 0 Å². The monoisotopic (exact) mass is 273 g/mol. The number of halogens is 1. The van der Waals surface area contributed by atoms with Gasteiger partial charge in [-0.25, -0.2) is 4.98 Å². The number of anilines is 2. The summed E-state index contributed by atoms with van der Waals surface area (Å²) >= 11 is 3.37. The zero-order valence-corrected chi connectivity index (χ0v) is 9.90. The van der Waals surface area contributed by atoms with Crippen LogP contribution < -0.4 is 5.32 Å². The summed E-state index contributed by atoms with van der Waals surface area (Å²) in [5.41, 5.74) is 2.26. The standard InChI is InChI=1S/C12H8BrN3/c13-9-1-3-10(4-2-9)16-12-6-5-11(7-14)15-8-12/h1-6,8,16H. The van der Waals surface area contributed by atoms with Gasteiger partial charge in [0.1, 0.15) is 11.8 Å². The summed E-state index contributed by atoms with van der Waals surface area (Å²) in [5.74, 6) is 0. The highest BCUT2D eigenvalue weighted by Crippen LogP contribution is 2.18. The van der Waals surface area contributed by atoms with Crippen molar-refractivity contribution in [2.24, 2.45) is 0 Å². The van der Waals surface area contributed by atoms with Crippen molar-refractivity contribution in [3.8, 4) is 6.07 Å². The first-order chi connectivity index (χ1) is 7.78. The van der Waals surface area contributed by atoms with E-state index in [1.54, 1.807) is 12.3 Å². The number of aromatic nitrogens is 1. The predicted molar refractivity (Wildman–Crippen MR) is 66.4 cm³/mol. The molecule has 2 aromatic rings. The lowest BCUT2D eigenvalue weighted by atomic mass is 10.3. The fraction of sp³-hybridized carbons (Fsp3) is 0. The lowest BCUT2D eigenvalue weighted by molar-refractivity contribution is 1.26. The van der Waals surface area contributed by atoms with Gasteiger partial charge in [0.25, 0.3) is 0 Å². The van der Waals surface area contributed by atoms with E-state index in [1.165, 1.54) is 0 Å². The van der Waals surface area contributed by atoms with E-state index >= 15 is 0 Å². The van der Waals surface area contributed by atoms with Crippen LogP contribution in [0.3, 0.4) is 0 Å². The van der Waals surface area contributed by atoms with Crippen LogP contribution in [0.5, 0.6) is 0 Å². The molecule has 0 unspecified atom stereocenters. The smallest absolute Gasteiger partial charge is 0.140 e. The molecule has 0 fully saturated rings. The Hall–Kier alpha value is -1.86. The van der Waals surface area contributed by atoms with Gasteiger partial charge in [0.05, 0.1) is 11.9 Å². The summed E-state index contributed by atoms with van der Waals surface area (Å²) in [6.45, 7) is 0. The minimum absolute atomic E-state index is 0.418. The molecule has 1 aromatic heterocycles.